The number of thiophene rings is 1. The quantitative estimate of drug-likeness (QED) is 0.686. The van der Waals surface area contributed by atoms with Crippen LogP contribution in [0.25, 0.3) is 10.2 Å². The van der Waals surface area contributed by atoms with Gasteiger partial charge in [0.15, 0.2) is 0 Å². The fourth-order valence-electron chi connectivity index (χ4n) is 3.30. The lowest BCUT2D eigenvalue weighted by Gasteiger charge is -2.29. The number of anilines is 2. The van der Waals surface area contributed by atoms with Crippen LogP contribution in [0.5, 0.6) is 0 Å². The van der Waals surface area contributed by atoms with Crippen LogP contribution in [0.3, 0.4) is 0 Å². The Morgan fingerprint density at radius 1 is 1.31 bits per heavy atom. The fourth-order valence-corrected chi connectivity index (χ4v) is 4.20. The van der Waals surface area contributed by atoms with Crippen LogP contribution in [0.4, 0.5) is 15.9 Å². The number of nitrogens with zero attached hydrogens (tertiary/aromatic N) is 4. The van der Waals surface area contributed by atoms with E-state index in [1.54, 1.807) is 6.07 Å². The summed E-state index contributed by atoms with van der Waals surface area (Å²) in [4.78, 5) is 24.7. The predicted octanol–water partition coefficient (Wildman–Crippen LogP) is 3.27. The van der Waals surface area contributed by atoms with Gasteiger partial charge in [-0.3, -0.25) is 4.79 Å². The normalized spacial score (nSPS) is 15.2. The van der Waals surface area contributed by atoms with Gasteiger partial charge in [-0.1, -0.05) is 0 Å². The van der Waals surface area contributed by atoms with Crippen LogP contribution < -0.4 is 10.6 Å². The maximum absolute atomic E-state index is 13.5. The van der Waals surface area contributed by atoms with E-state index in [0.717, 1.165) is 25.9 Å². The van der Waals surface area contributed by atoms with Gasteiger partial charge in [0.25, 0.3) is 5.91 Å². The van der Waals surface area contributed by atoms with Crippen LogP contribution in [-0.2, 0) is 0 Å². The van der Waals surface area contributed by atoms with E-state index >= 15 is 0 Å². The Morgan fingerprint density at radius 3 is 2.86 bits per heavy atom. The van der Waals surface area contributed by atoms with E-state index in [1.807, 2.05) is 6.07 Å². The Kier molecular flexibility index (Phi) is 5.38. The second-order valence-electron chi connectivity index (χ2n) is 7.03. The minimum atomic E-state index is -0.575. The highest BCUT2D eigenvalue weighted by Gasteiger charge is 2.21. The largest absolute Gasteiger partial charge is 0.349 e. The molecule has 3 heterocycles. The first-order chi connectivity index (χ1) is 14.0. The highest BCUT2D eigenvalue weighted by atomic mass is 32.1. The Balaban J connectivity index is 1.55. The molecule has 0 bridgehead atoms. The maximum atomic E-state index is 13.5. The number of fused-ring (bicyclic) bond motifs is 1. The van der Waals surface area contributed by atoms with Crippen molar-refractivity contribution in [2.45, 2.75) is 18.9 Å². The third-order valence-electron chi connectivity index (χ3n) is 4.96. The SMILES string of the molecule is CN1CCC(NC(=O)c2cc3c(Nc4ccc(F)c(C#N)c4)ncnc3s2)CC1. The first-order valence-corrected chi connectivity index (χ1v) is 10.1. The number of likely N-dealkylation sites (tertiary alicyclic amines) is 1. The third-order valence-corrected chi connectivity index (χ3v) is 6.00. The number of hydrogen-bond acceptors (Lipinski definition) is 7. The fraction of sp³-hybridized carbons (Fsp3) is 0.300. The molecule has 0 aliphatic carbocycles. The van der Waals surface area contributed by atoms with Crippen LogP contribution in [-0.4, -0.2) is 47.0 Å². The first kappa shape index (κ1) is 19.2. The van der Waals surface area contributed by atoms with Crippen molar-refractivity contribution in [3.05, 3.63) is 46.9 Å². The van der Waals surface area contributed by atoms with Gasteiger partial charge in [0.05, 0.1) is 15.8 Å². The maximum Gasteiger partial charge on any atom is 0.261 e. The lowest BCUT2D eigenvalue weighted by Crippen LogP contribution is -2.43. The van der Waals surface area contributed by atoms with Gasteiger partial charge in [-0.05, 0) is 57.2 Å². The van der Waals surface area contributed by atoms with Gasteiger partial charge in [-0.15, -0.1) is 11.3 Å². The molecule has 4 rings (SSSR count). The molecule has 1 amide bonds. The molecule has 0 radical (unpaired) electrons. The molecule has 1 aliphatic rings. The summed E-state index contributed by atoms with van der Waals surface area (Å²) >= 11 is 1.30. The van der Waals surface area contributed by atoms with Gasteiger partial charge in [0, 0.05) is 11.7 Å². The van der Waals surface area contributed by atoms with E-state index < -0.39 is 5.82 Å². The van der Waals surface area contributed by atoms with Crippen LogP contribution in [0.1, 0.15) is 28.1 Å². The first-order valence-electron chi connectivity index (χ1n) is 9.24. The van der Waals surface area contributed by atoms with Gasteiger partial charge in [-0.2, -0.15) is 5.26 Å². The number of nitriles is 1. The van der Waals surface area contributed by atoms with Crippen LogP contribution in [0.15, 0.2) is 30.6 Å². The van der Waals surface area contributed by atoms with Crippen molar-refractivity contribution in [3.8, 4) is 6.07 Å². The number of benzene rings is 1. The molecular weight excluding hydrogens is 391 g/mol. The summed E-state index contributed by atoms with van der Waals surface area (Å²) in [5, 5.41) is 15.9. The Hall–Kier alpha value is -3.09. The zero-order valence-corrected chi connectivity index (χ0v) is 16.6. The molecule has 0 atom stereocenters. The molecule has 3 aromatic rings. The van der Waals surface area contributed by atoms with Crippen molar-refractivity contribution < 1.29 is 9.18 Å². The van der Waals surface area contributed by atoms with Gasteiger partial charge in [-0.25, -0.2) is 14.4 Å². The topological polar surface area (TPSA) is 93.9 Å². The van der Waals surface area contributed by atoms with Crippen LogP contribution in [0, 0.1) is 17.1 Å². The van der Waals surface area contributed by atoms with Crippen molar-refractivity contribution in [2.75, 3.05) is 25.5 Å². The van der Waals surface area contributed by atoms with E-state index in [9.17, 15) is 9.18 Å². The van der Waals surface area contributed by atoms with Crippen LogP contribution in [0.2, 0.25) is 0 Å². The molecule has 0 unspecified atom stereocenters. The van der Waals surface area contributed by atoms with Crippen molar-refractivity contribution in [3.63, 3.8) is 0 Å². The lowest BCUT2D eigenvalue weighted by molar-refractivity contribution is 0.0921. The number of piperidine rings is 1. The summed E-state index contributed by atoms with van der Waals surface area (Å²) in [5.41, 5.74) is 0.482. The van der Waals surface area contributed by atoms with Gasteiger partial charge < -0.3 is 15.5 Å². The molecule has 7 nitrogen and oxygen atoms in total. The summed E-state index contributed by atoms with van der Waals surface area (Å²) in [6.07, 6.45) is 3.28. The number of hydrogen-bond donors (Lipinski definition) is 2. The molecule has 9 heteroatoms. The van der Waals surface area contributed by atoms with Crippen LogP contribution >= 0.6 is 11.3 Å². The average Bonchev–Trinajstić information content (AvgIpc) is 3.17. The standard InChI is InChI=1S/C20H19FN6OS/c1-27-6-4-13(5-7-27)26-19(28)17-9-15-18(23-11-24-20(15)29-17)25-14-2-3-16(21)12(8-14)10-22/h2-3,8-9,11,13H,4-7H2,1H3,(H,26,28)(H,23,24,25). The molecule has 148 valence electrons. The predicted molar refractivity (Wildman–Crippen MR) is 110 cm³/mol. The summed E-state index contributed by atoms with van der Waals surface area (Å²) < 4.78 is 13.5. The number of nitrogens with one attached hydrogen (secondary N) is 2. The molecule has 2 N–H and O–H groups in total. The monoisotopic (exact) mass is 410 g/mol. The summed E-state index contributed by atoms with van der Waals surface area (Å²) in [6, 6.07) is 7.94. The average molecular weight is 410 g/mol. The Labute approximate surface area is 171 Å². The minimum absolute atomic E-state index is 0.0520. The van der Waals surface area contributed by atoms with Crippen molar-refractivity contribution in [2.24, 2.45) is 0 Å². The molecule has 0 saturated carbocycles. The third kappa shape index (κ3) is 4.18. The molecule has 0 spiro atoms. The molecular formula is C20H19FN6OS. The molecule has 29 heavy (non-hydrogen) atoms. The molecule has 2 aromatic heterocycles. The number of halogens is 1. The van der Waals surface area contributed by atoms with E-state index in [0.29, 0.717) is 26.6 Å². The number of aromatic nitrogens is 2. The smallest absolute Gasteiger partial charge is 0.261 e. The van der Waals surface area contributed by atoms with Crippen molar-refractivity contribution in [1.29, 1.82) is 5.26 Å². The van der Waals surface area contributed by atoms with Crippen molar-refractivity contribution in [1.82, 2.24) is 20.2 Å². The molecule has 1 aromatic carbocycles. The molecule has 1 aliphatic heterocycles. The second-order valence-corrected chi connectivity index (χ2v) is 8.06. The highest BCUT2D eigenvalue weighted by Crippen LogP contribution is 2.30. The second kappa shape index (κ2) is 8.11. The lowest BCUT2D eigenvalue weighted by atomic mass is 10.1. The number of carbonyl (C=O) groups excluding carboxylic acids is 1. The summed E-state index contributed by atoms with van der Waals surface area (Å²) in [7, 11) is 2.08. The van der Waals surface area contributed by atoms with E-state index in [-0.39, 0.29) is 17.5 Å². The Bertz CT molecular complexity index is 1100. The number of rotatable bonds is 4. The van der Waals surface area contributed by atoms with Gasteiger partial charge in [0.2, 0.25) is 0 Å². The summed E-state index contributed by atoms with van der Waals surface area (Å²) in [6.45, 7) is 1.94. The Morgan fingerprint density at radius 2 is 2.10 bits per heavy atom. The molecule has 1 fully saturated rings. The highest BCUT2D eigenvalue weighted by molar-refractivity contribution is 7.20. The van der Waals surface area contributed by atoms with E-state index in [1.165, 1.54) is 35.9 Å². The van der Waals surface area contributed by atoms with E-state index in [2.05, 4.69) is 32.5 Å². The zero-order chi connectivity index (χ0) is 20.4. The van der Waals surface area contributed by atoms with Gasteiger partial charge in [0.1, 0.15) is 28.9 Å². The van der Waals surface area contributed by atoms with Gasteiger partial charge >= 0.3 is 0 Å². The number of amides is 1. The molecule has 1 saturated heterocycles. The zero-order valence-electron chi connectivity index (χ0n) is 15.8. The van der Waals surface area contributed by atoms with E-state index in [4.69, 9.17) is 5.26 Å². The summed E-state index contributed by atoms with van der Waals surface area (Å²) in [5.74, 6) is -0.184. The van der Waals surface area contributed by atoms with Crippen molar-refractivity contribution >= 4 is 39.0 Å². The minimum Gasteiger partial charge on any atom is -0.349 e. The number of carbonyl (C=O) groups is 1.